The summed E-state index contributed by atoms with van der Waals surface area (Å²) in [4.78, 5) is 11.3. The third-order valence-corrected chi connectivity index (χ3v) is 10.6. The van der Waals surface area contributed by atoms with Crippen molar-refractivity contribution < 1.29 is 4.79 Å². The molecule has 2 atom stereocenters. The van der Waals surface area contributed by atoms with E-state index in [2.05, 4.69) is 91.0 Å². The number of rotatable bonds is 6. The van der Waals surface area contributed by atoms with Crippen molar-refractivity contribution in [1.29, 1.82) is 0 Å². The Labute approximate surface area is 150 Å². The second-order valence-electron chi connectivity index (χ2n) is 7.00. The van der Waals surface area contributed by atoms with E-state index in [1.807, 2.05) is 0 Å². The molecule has 1 nitrogen and oxygen atoms in total. The molecule has 25 heavy (non-hydrogen) atoms. The fourth-order valence-electron chi connectivity index (χ4n) is 4.09. The highest BCUT2D eigenvalue weighted by molar-refractivity contribution is 7.11. The van der Waals surface area contributed by atoms with Gasteiger partial charge in [-0.1, -0.05) is 91.0 Å². The van der Waals surface area contributed by atoms with Crippen LogP contribution in [0.5, 0.6) is 0 Å². The molecule has 0 N–H and O–H groups in total. The fourth-order valence-corrected chi connectivity index (χ4v) is 9.33. The van der Waals surface area contributed by atoms with E-state index in [4.69, 9.17) is 0 Å². The predicted octanol–water partition coefficient (Wildman–Crippen LogP) is 2.99. The average Bonchev–Trinajstić information content (AvgIpc) is 3.46. The molecule has 0 spiro atoms. The van der Waals surface area contributed by atoms with E-state index >= 15 is 0 Å². The summed E-state index contributed by atoms with van der Waals surface area (Å²) in [5, 5.41) is 4.30. The van der Waals surface area contributed by atoms with Crippen LogP contribution in [0, 0.1) is 11.8 Å². The quantitative estimate of drug-likeness (QED) is 0.382. The van der Waals surface area contributed by atoms with Crippen LogP contribution in [-0.4, -0.2) is 14.4 Å². The molecule has 1 fully saturated rings. The molecule has 0 heterocycles. The Bertz CT molecular complexity index is 733. The Morgan fingerprint density at radius 1 is 0.720 bits per heavy atom. The van der Waals surface area contributed by atoms with Crippen LogP contribution in [-0.2, 0) is 4.79 Å². The smallest absolute Gasteiger partial charge is 0.148 e. The van der Waals surface area contributed by atoms with Gasteiger partial charge in [0.2, 0.25) is 0 Å². The molecule has 0 unspecified atom stereocenters. The molecule has 3 aromatic rings. The van der Waals surface area contributed by atoms with Crippen LogP contribution >= 0.6 is 0 Å². The first-order valence-electron chi connectivity index (χ1n) is 8.96. The van der Waals surface area contributed by atoms with Gasteiger partial charge in [-0.15, -0.1) is 0 Å². The van der Waals surface area contributed by atoms with E-state index in [1.165, 1.54) is 15.6 Å². The number of aldehydes is 1. The van der Waals surface area contributed by atoms with E-state index in [0.717, 1.165) is 18.8 Å². The van der Waals surface area contributed by atoms with Gasteiger partial charge in [0, 0.05) is 5.92 Å². The van der Waals surface area contributed by atoms with Crippen molar-refractivity contribution >= 4 is 29.9 Å². The first kappa shape index (κ1) is 16.0. The molecule has 0 saturated heterocycles. The minimum Gasteiger partial charge on any atom is -0.303 e. The van der Waals surface area contributed by atoms with Crippen LogP contribution in [0.4, 0.5) is 0 Å². The van der Waals surface area contributed by atoms with E-state index < -0.39 is 8.07 Å². The SMILES string of the molecule is O=C[C@@H]1C[C@@H]1C[Si](c1ccccc1)(c1ccccc1)c1ccccc1. The molecule has 1 aliphatic carbocycles. The van der Waals surface area contributed by atoms with Crippen molar-refractivity contribution in [2.24, 2.45) is 11.8 Å². The number of hydrogen-bond acceptors (Lipinski definition) is 1. The standard InChI is InChI=1S/C23H22OSi/c24-17-19-16-20(19)18-25(21-10-4-1-5-11-21,22-12-6-2-7-13-22)23-14-8-3-9-15-23/h1-15,17,19-20H,16,18H2/t19-,20+/m0/s1. The lowest BCUT2D eigenvalue weighted by atomic mass is 10.3. The number of carbonyl (C=O) groups excluding carboxylic acids is 1. The molecule has 0 aromatic heterocycles. The van der Waals surface area contributed by atoms with Crippen molar-refractivity contribution in [3.05, 3.63) is 91.0 Å². The number of carbonyl (C=O) groups is 1. The molecule has 1 aliphatic rings. The van der Waals surface area contributed by atoms with E-state index in [-0.39, 0.29) is 5.92 Å². The van der Waals surface area contributed by atoms with Gasteiger partial charge in [0.25, 0.3) is 0 Å². The topological polar surface area (TPSA) is 17.1 Å². The summed E-state index contributed by atoms with van der Waals surface area (Å²) in [6, 6.07) is 33.9. The summed E-state index contributed by atoms with van der Waals surface area (Å²) >= 11 is 0. The van der Waals surface area contributed by atoms with E-state index in [1.54, 1.807) is 0 Å². The van der Waals surface area contributed by atoms with Crippen LogP contribution in [0.3, 0.4) is 0 Å². The molecule has 3 aromatic carbocycles. The molecular weight excluding hydrogens is 320 g/mol. The van der Waals surface area contributed by atoms with Crippen molar-refractivity contribution in [3.63, 3.8) is 0 Å². The van der Waals surface area contributed by atoms with Gasteiger partial charge in [-0.3, -0.25) is 0 Å². The monoisotopic (exact) mass is 342 g/mol. The van der Waals surface area contributed by atoms with Crippen molar-refractivity contribution in [2.45, 2.75) is 12.5 Å². The maximum absolute atomic E-state index is 11.3. The molecule has 0 radical (unpaired) electrons. The van der Waals surface area contributed by atoms with Crippen LogP contribution in [0.2, 0.25) is 6.04 Å². The van der Waals surface area contributed by atoms with Gasteiger partial charge in [-0.2, -0.15) is 0 Å². The average molecular weight is 343 g/mol. The van der Waals surface area contributed by atoms with Gasteiger partial charge in [0.05, 0.1) is 0 Å². The van der Waals surface area contributed by atoms with Crippen LogP contribution < -0.4 is 15.6 Å². The molecular formula is C23H22OSi. The molecule has 0 aliphatic heterocycles. The largest absolute Gasteiger partial charge is 0.303 e. The maximum Gasteiger partial charge on any atom is 0.148 e. The lowest BCUT2D eigenvalue weighted by Gasteiger charge is -2.34. The Kier molecular flexibility index (Phi) is 4.37. The normalized spacial score (nSPS) is 19.4. The van der Waals surface area contributed by atoms with Gasteiger partial charge >= 0.3 is 0 Å². The zero-order chi connectivity index (χ0) is 17.1. The van der Waals surface area contributed by atoms with Gasteiger partial charge in [0.15, 0.2) is 0 Å². The summed E-state index contributed by atoms with van der Waals surface area (Å²) in [6.45, 7) is 0. The molecule has 2 heteroatoms. The Morgan fingerprint density at radius 2 is 1.12 bits per heavy atom. The Hall–Kier alpha value is -2.45. The maximum atomic E-state index is 11.3. The summed E-state index contributed by atoms with van der Waals surface area (Å²) in [5.41, 5.74) is 0. The third-order valence-electron chi connectivity index (χ3n) is 5.52. The second-order valence-corrected chi connectivity index (χ2v) is 11.0. The zero-order valence-corrected chi connectivity index (χ0v) is 15.2. The van der Waals surface area contributed by atoms with Crippen molar-refractivity contribution in [1.82, 2.24) is 0 Å². The van der Waals surface area contributed by atoms with Gasteiger partial charge in [0.1, 0.15) is 14.4 Å². The highest BCUT2D eigenvalue weighted by Gasteiger charge is 2.47. The third kappa shape index (κ3) is 2.98. The van der Waals surface area contributed by atoms with Gasteiger partial charge in [-0.05, 0) is 33.9 Å². The number of benzene rings is 3. The highest BCUT2D eigenvalue weighted by atomic mass is 28.3. The van der Waals surface area contributed by atoms with Crippen LogP contribution in [0.15, 0.2) is 91.0 Å². The molecule has 1 saturated carbocycles. The molecule has 4 rings (SSSR count). The van der Waals surface area contributed by atoms with Crippen molar-refractivity contribution in [3.8, 4) is 0 Å². The van der Waals surface area contributed by atoms with Crippen molar-refractivity contribution in [2.75, 3.05) is 0 Å². The van der Waals surface area contributed by atoms with E-state index in [9.17, 15) is 4.79 Å². The lowest BCUT2D eigenvalue weighted by Crippen LogP contribution is -2.67. The zero-order valence-electron chi connectivity index (χ0n) is 14.2. The first-order chi connectivity index (χ1) is 12.3. The molecule has 0 bridgehead atoms. The predicted molar refractivity (Wildman–Crippen MR) is 106 cm³/mol. The van der Waals surface area contributed by atoms with Crippen LogP contribution in [0.1, 0.15) is 6.42 Å². The lowest BCUT2D eigenvalue weighted by molar-refractivity contribution is -0.109. The summed E-state index contributed by atoms with van der Waals surface area (Å²) in [6.07, 6.45) is 2.20. The van der Waals surface area contributed by atoms with Crippen LogP contribution in [0.25, 0.3) is 0 Å². The summed E-state index contributed by atoms with van der Waals surface area (Å²) < 4.78 is 0. The first-order valence-corrected chi connectivity index (χ1v) is 11.2. The Balaban J connectivity index is 1.93. The molecule has 0 amide bonds. The summed E-state index contributed by atoms with van der Waals surface area (Å²) in [7, 11) is -2.14. The second kappa shape index (κ2) is 6.81. The van der Waals surface area contributed by atoms with Gasteiger partial charge < -0.3 is 4.79 Å². The van der Waals surface area contributed by atoms with Gasteiger partial charge in [-0.25, -0.2) is 0 Å². The highest BCUT2D eigenvalue weighted by Crippen LogP contribution is 2.42. The minimum atomic E-state index is -2.14. The minimum absolute atomic E-state index is 0.253. The van der Waals surface area contributed by atoms with E-state index in [0.29, 0.717) is 5.92 Å². The number of hydrogen-bond donors (Lipinski definition) is 0. The summed E-state index contributed by atoms with van der Waals surface area (Å²) in [5.74, 6) is 0.771. The fraction of sp³-hybridized carbons (Fsp3) is 0.174. The Morgan fingerprint density at radius 3 is 1.44 bits per heavy atom. The molecule has 124 valence electrons.